The molecular formula is C4H3O-. The van der Waals surface area contributed by atoms with Crippen molar-refractivity contribution < 1.29 is 4.42 Å². The molecule has 0 bridgehead atoms. The first-order chi connectivity index (χ1) is 2.50. The molecule has 0 aliphatic heterocycles. The Bertz CT molecular complexity index is 60.1. The summed E-state index contributed by atoms with van der Waals surface area (Å²) in [5.41, 5.74) is 0. The van der Waals surface area contributed by atoms with E-state index in [4.69, 9.17) is 0 Å². The average molecular weight is 67.1 g/mol. The molecule has 1 rings (SSSR count). The van der Waals surface area contributed by atoms with E-state index in [-0.39, 0.29) is 0 Å². The Hall–Kier alpha value is -0.720. The molecule has 0 atom stereocenters. The van der Waals surface area contributed by atoms with E-state index in [1.165, 1.54) is 6.26 Å². The summed E-state index contributed by atoms with van der Waals surface area (Å²) in [6.07, 6.45) is 3.07. The highest BCUT2D eigenvalue weighted by Crippen LogP contribution is 1.78. The highest BCUT2D eigenvalue weighted by Gasteiger charge is 1.43. The van der Waals surface area contributed by atoms with E-state index in [0.717, 1.165) is 0 Å². The first-order valence-electron chi connectivity index (χ1n) is 1.38. The summed E-state index contributed by atoms with van der Waals surface area (Å²) in [6, 6.07) is 4.40. The van der Waals surface area contributed by atoms with Gasteiger partial charge in [0.25, 0.3) is 0 Å². The van der Waals surface area contributed by atoms with Crippen LogP contribution in [0.3, 0.4) is 0 Å². The number of hydrogen-bond acceptors (Lipinski definition) is 1. The van der Waals surface area contributed by atoms with Gasteiger partial charge in [0.05, 0.1) is 0 Å². The minimum absolute atomic E-state index is 1.50. The quantitative estimate of drug-likeness (QED) is 0.414. The summed E-state index contributed by atoms with van der Waals surface area (Å²) in [5.74, 6) is 0. The highest BCUT2D eigenvalue weighted by atomic mass is 16.3. The van der Waals surface area contributed by atoms with Crippen molar-refractivity contribution in [1.82, 2.24) is 0 Å². The van der Waals surface area contributed by atoms with Gasteiger partial charge in [-0.2, -0.15) is 6.07 Å². The Morgan fingerprint density at radius 1 is 1.60 bits per heavy atom. The van der Waals surface area contributed by atoms with Crippen LogP contribution in [-0.2, 0) is 0 Å². The zero-order valence-electron chi connectivity index (χ0n) is 2.64. The molecule has 0 unspecified atom stereocenters. The van der Waals surface area contributed by atoms with Crippen LogP contribution in [0.4, 0.5) is 0 Å². The van der Waals surface area contributed by atoms with Gasteiger partial charge < -0.3 is 4.42 Å². The average Bonchev–Trinajstić information content (AvgIpc) is 1.76. The lowest BCUT2D eigenvalue weighted by atomic mass is 10.7. The Balaban J connectivity index is 3.13. The molecule has 1 heteroatoms. The van der Waals surface area contributed by atoms with Gasteiger partial charge in [-0.15, -0.1) is 0 Å². The van der Waals surface area contributed by atoms with Crippen molar-refractivity contribution in [3.8, 4) is 0 Å². The van der Waals surface area contributed by atoms with E-state index < -0.39 is 0 Å². The van der Waals surface area contributed by atoms with Gasteiger partial charge in [-0.25, -0.2) is 6.07 Å². The first-order valence-corrected chi connectivity index (χ1v) is 1.38. The van der Waals surface area contributed by atoms with Gasteiger partial charge in [0.15, 0.2) is 0 Å². The van der Waals surface area contributed by atoms with Crippen molar-refractivity contribution >= 4 is 0 Å². The Morgan fingerprint density at radius 3 is 2.80 bits per heavy atom. The summed E-state index contributed by atoms with van der Waals surface area (Å²) in [4.78, 5) is 0. The molecule has 26 valence electrons. The summed E-state index contributed by atoms with van der Waals surface area (Å²) in [5, 5.41) is 0. The molecule has 0 saturated carbocycles. The predicted molar refractivity (Wildman–Crippen MR) is 17.5 cm³/mol. The molecule has 0 saturated heterocycles. The predicted octanol–water partition coefficient (Wildman–Crippen LogP) is 1.08. The lowest BCUT2D eigenvalue weighted by molar-refractivity contribution is 0.567. The molecule has 0 radical (unpaired) electrons. The molecule has 0 aliphatic carbocycles. The monoisotopic (exact) mass is 67.0 g/mol. The van der Waals surface area contributed by atoms with Gasteiger partial charge in [-0.3, -0.25) is 0 Å². The first kappa shape index (κ1) is 2.51. The van der Waals surface area contributed by atoms with Crippen LogP contribution < -0.4 is 0 Å². The van der Waals surface area contributed by atoms with Crippen LogP contribution in [0.25, 0.3) is 0 Å². The number of furan rings is 1. The molecule has 0 fully saturated rings. The SMILES string of the molecule is [c-]1ccoc1. The fourth-order valence-electron chi connectivity index (χ4n) is 0.196. The second-order valence-electron chi connectivity index (χ2n) is 0.723. The van der Waals surface area contributed by atoms with E-state index in [9.17, 15) is 0 Å². The van der Waals surface area contributed by atoms with Crippen molar-refractivity contribution in [2.24, 2.45) is 0 Å². The molecular weight excluding hydrogens is 64.0 g/mol. The summed E-state index contributed by atoms with van der Waals surface area (Å²) in [6.45, 7) is 0. The second kappa shape index (κ2) is 0.931. The molecule has 0 aliphatic rings. The van der Waals surface area contributed by atoms with Crippen LogP contribution in [0, 0.1) is 6.07 Å². The minimum atomic E-state index is 1.50. The maximum Gasteiger partial charge on any atom is -0.0256 e. The minimum Gasteiger partial charge on any atom is -0.576 e. The standard InChI is InChI=1S/C4H3O/c1-2-4-5-3-1/h1,3-4H/q-1. The van der Waals surface area contributed by atoms with Crippen LogP contribution in [-0.4, -0.2) is 0 Å². The topological polar surface area (TPSA) is 13.1 Å². The van der Waals surface area contributed by atoms with Crippen LogP contribution >= 0.6 is 0 Å². The third-order valence-electron chi connectivity index (χ3n) is 0.379. The molecule has 0 N–H and O–H groups in total. The Morgan fingerprint density at radius 2 is 2.60 bits per heavy atom. The molecule has 1 heterocycles. The molecule has 1 nitrogen and oxygen atoms in total. The normalized spacial score (nSPS) is 8.00. The fourth-order valence-corrected chi connectivity index (χ4v) is 0.196. The third kappa shape index (κ3) is 0.293. The van der Waals surface area contributed by atoms with Gasteiger partial charge >= 0.3 is 0 Å². The van der Waals surface area contributed by atoms with Gasteiger partial charge in [0.1, 0.15) is 0 Å². The Labute approximate surface area is 30.2 Å². The van der Waals surface area contributed by atoms with Gasteiger partial charge in [0, 0.05) is 0 Å². The highest BCUT2D eigenvalue weighted by molar-refractivity contribution is 4.76. The zero-order valence-corrected chi connectivity index (χ0v) is 2.64. The lowest BCUT2D eigenvalue weighted by Crippen LogP contribution is -1.19. The largest absolute Gasteiger partial charge is 0.576 e. The van der Waals surface area contributed by atoms with Crippen LogP contribution in [0.5, 0.6) is 0 Å². The van der Waals surface area contributed by atoms with E-state index in [0.29, 0.717) is 0 Å². The van der Waals surface area contributed by atoms with Crippen molar-refractivity contribution in [1.29, 1.82) is 0 Å². The van der Waals surface area contributed by atoms with Crippen molar-refractivity contribution in [2.75, 3.05) is 0 Å². The van der Waals surface area contributed by atoms with E-state index >= 15 is 0 Å². The second-order valence-corrected chi connectivity index (χ2v) is 0.723. The lowest BCUT2D eigenvalue weighted by Gasteiger charge is -1.62. The van der Waals surface area contributed by atoms with E-state index in [1.54, 1.807) is 12.3 Å². The molecule has 1 aromatic heterocycles. The van der Waals surface area contributed by atoms with Crippen molar-refractivity contribution in [3.05, 3.63) is 24.7 Å². The molecule has 0 aromatic carbocycles. The van der Waals surface area contributed by atoms with Crippen molar-refractivity contribution in [2.45, 2.75) is 0 Å². The summed E-state index contributed by atoms with van der Waals surface area (Å²) >= 11 is 0. The van der Waals surface area contributed by atoms with E-state index in [2.05, 4.69) is 10.5 Å². The summed E-state index contributed by atoms with van der Waals surface area (Å²) < 4.78 is 4.53. The third-order valence-corrected chi connectivity index (χ3v) is 0.379. The summed E-state index contributed by atoms with van der Waals surface area (Å²) in [7, 11) is 0. The van der Waals surface area contributed by atoms with Crippen LogP contribution in [0.15, 0.2) is 23.0 Å². The molecule has 5 heavy (non-hydrogen) atoms. The van der Waals surface area contributed by atoms with Gasteiger partial charge in [0.2, 0.25) is 0 Å². The maximum absolute atomic E-state index is 4.53. The molecule has 0 spiro atoms. The van der Waals surface area contributed by atoms with E-state index in [1.807, 2.05) is 0 Å². The molecule has 1 aromatic rings. The maximum atomic E-state index is 4.53. The zero-order chi connectivity index (χ0) is 3.54. The Kier molecular flexibility index (Phi) is 0.468. The number of rotatable bonds is 0. The van der Waals surface area contributed by atoms with Crippen LogP contribution in [0.2, 0.25) is 0 Å². The smallest absolute Gasteiger partial charge is 0.0256 e. The van der Waals surface area contributed by atoms with Crippen LogP contribution in [0.1, 0.15) is 0 Å². The molecule has 0 amide bonds. The van der Waals surface area contributed by atoms with Gasteiger partial charge in [-0.05, 0) is 6.26 Å². The fraction of sp³-hybridized carbons (Fsp3) is 0. The number of hydrogen-bond donors (Lipinski definition) is 0. The van der Waals surface area contributed by atoms with Gasteiger partial charge in [-0.1, -0.05) is 6.26 Å². The van der Waals surface area contributed by atoms with Crippen molar-refractivity contribution in [3.63, 3.8) is 0 Å².